The van der Waals surface area contributed by atoms with E-state index in [1.165, 1.54) is 11.3 Å². The first kappa shape index (κ1) is 16.8. The van der Waals surface area contributed by atoms with Crippen molar-refractivity contribution in [2.45, 2.75) is 6.42 Å². The minimum Gasteiger partial charge on any atom is -0.493 e. The van der Waals surface area contributed by atoms with E-state index in [0.717, 1.165) is 10.6 Å². The summed E-state index contributed by atoms with van der Waals surface area (Å²) in [5.74, 6) is 1.96. The summed E-state index contributed by atoms with van der Waals surface area (Å²) in [5, 5.41) is 18.6. The Balaban J connectivity index is 1.69. The van der Waals surface area contributed by atoms with Crippen molar-refractivity contribution in [3.8, 4) is 23.0 Å². The fourth-order valence-corrected chi connectivity index (χ4v) is 3.82. The predicted octanol–water partition coefficient (Wildman–Crippen LogP) is 2.85. The van der Waals surface area contributed by atoms with Crippen LogP contribution in [0.15, 0.2) is 24.4 Å². The van der Waals surface area contributed by atoms with Gasteiger partial charge < -0.3 is 9.47 Å². The molecule has 0 fully saturated rings. The van der Waals surface area contributed by atoms with Gasteiger partial charge in [-0.3, -0.25) is 4.68 Å². The van der Waals surface area contributed by atoms with E-state index >= 15 is 0 Å². The smallest absolute Gasteiger partial charge is 0.235 e. The third-order valence-corrected chi connectivity index (χ3v) is 5.12. The zero-order chi connectivity index (χ0) is 18.3. The van der Waals surface area contributed by atoms with Crippen LogP contribution in [0.25, 0.3) is 16.5 Å². The molecular formula is C16H15ClN6O2S. The van der Waals surface area contributed by atoms with Crippen molar-refractivity contribution in [3.63, 3.8) is 0 Å². The Kier molecular flexibility index (Phi) is 4.25. The number of ether oxygens (including phenoxy) is 2. The Hall–Kier alpha value is -2.65. The van der Waals surface area contributed by atoms with Gasteiger partial charge in [0.1, 0.15) is 10.7 Å². The van der Waals surface area contributed by atoms with E-state index in [1.807, 2.05) is 18.2 Å². The highest BCUT2D eigenvalue weighted by molar-refractivity contribution is 7.16. The quantitative estimate of drug-likeness (QED) is 0.521. The van der Waals surface area contributed by atoms with Gasteiger partial charge in [-0.1, -0.05) is 29.0 Å². The molecule has 0 N–H and O–H groups in total. The number of aromatic nitrogens is 6. The van der Waals surface area contributed by atoms with E-state index in [-0.39, 0.29) is 0 Å². The molecule has 0 amide bonds. The van der Waals surface area contributed by atoms with E-state index in [4.69, 9.17) is 21.1 Å². The van der Waals surface area contributed by atoms with Crippen molar-refractivity contribution < 1.29 is 9.47 Å². The molecule has 8 nitrogen and oxygen atoms in total. The van der Waals surface area contributed by atoms with Gasteiger partial charge in [0.15, 0.2) is 11.5 Å². The molecule has 0 bridgehead atoms. The molecule has 26 heavy (non-hydrogen) atoms. The van der Waals surface area contributed by atoms with Gasteiger partial charge in [0, 0.05) is 13.5 Å². The summed E-state index contributed by atoms with van der Waals surface area (Å²) in [5.41, 5.74) is 1.75. The van der Waals surface area contributed by atoms with Crippen LogP contribution in [-0.2, 0) is 13.5 Å². The fraction of sp³-hybridized carbons (Fsp3) is 0.250. The third kappa shape index (κ3) is 2.78. The Morgan fingerprint density at radius 1 is 1.15 bits per heavy atom. The lowest BCUT2D eigenvalue weighted by atomic mass is 10.1. The highest BCUT2D eigenvalue weighted by Gasteiger charge is 2.19. The van der Waals surface area contributed by atoms with Gasteiger partial charge in [-0.2, -0.15) is 14.7 Å². The van der Waals surface area contributed by atoms with Crippen LogP contribution in [0, 0.1) is 0 Å². The summed E-state index contributed by atoms with van der Waals surface area (Å²) in [6, 6.07) is 5.82. The highest BCUT2D eigenvalue weighted by atomic mass is 35.5. The lowest BCUT2D eigenvalue weighted by molar-refractivity contribution is 0.354. The second-order valence-corrected chi connectivity index (χ2v) is 6.99. The molecule has 0 unspecified atom stereocenters. The molecule has 0 aliphatic heterocycles. The average Bonchev–Trinajstić information content (AvgIpc) is 3.30. The molecule has 134 valence electrons. The molecule has 0 saturated heterocycles. The van der Waals surface area contributed by atoms with Crippen molar-refractivity contribution in [3.05, 3.63) is 40.0 Å². The zero-order valence-electron chi connectivity index (χ0n) is 14.3. The molecule has 0 aliphatic carbocycles. The monoisotopic (exact) mass is 390 g/mol. The second kappa shape index (κ2) is 6.58. The number of hydrogen-bond donors (Lipinski definition) is 0. The molecule has 3 heterocycles. The van der Waals surface area contributed by atoms with Crippen LogP contribution in [0.1, 0.15) is 10.6 Å². The maximum atomic E-state index is 6.22. The molecule has 0 atom stereocenters. The fourth-order valence-electron chi connectivity index (χ4n) is 2.70. The molecule has 4 rings (SSSR count). The van der Waals surface area contributed by atoms with Gasteiger partial charge in [0.25, 0.3) is 0 Å². The van der Waals surface area contributed by atoms with Gasteiger partial charge in [-0.05, 0) is 17.7 Å². The number of rotatable bonds is 5. The van der Waals surface area contributed by atoms with Gasteiger partial charge >= 0.3 is 0 Å². The van der Waals surface area contributed by atoms with Crippen LogP contribution in [0.5, 0.6) is 11.5 Å². The molecule has 10 heteroatoms. The molecule has 1 aromatic carbocycles. The predicted molar refractivity (Wildman–Crippen MR) is 98.2 cm³/mol. The number of halogens is 1. The number of aryl methyl sites for hydroxylation is 1. The van der Waals surface area contributed by atoms with Crippen molar-refractivity contribution in [2.75, 3.05) is 14.2 Å². The Morgan fingerprint density at radius 2 is 1.96 bits per heavy atom. The number of hydrogen-bond acceptors (Lipinski definition) is 7. The third-order valence-electron chi connectivity index (χ3n) is 3.94. The topological polar surface area (TPSA) is 79.4 Å². The minimum atomic E-state index is 0.510. The largest absolute Gasteiger partial charge is 0.493 e. The molecular weight excluding hydrogens is 376 g/mol. The van der Waals surface area contributed by atoms with Crippen LogP contribution < -0.4 is 9.47 Å². The van der Waals surface area contributed by atoms with E-state index in [9.17, 15) is 0 Å². The Bertz CT molecular complexity index is 1070. The number of methoxy groups -OCH3 is 2. The molecule has 0 spiro atoms. The van der Waals surface area contributed by atoms with E-state index in [1.54, 1.807) is 36.7 Å². The van der Waals surface area contributed by atoms with Crippen molar-refractivity contribution >= 4 is 27.9 Å². The molecule has 0 aliphatic rings. The first-order chi connectivity index (χ1) is 12.6. The van der Waals surface area contributed by atoms with Crippen LogP contribution in [-0.4, -0.2) is 43.8 Å². The number of benzene rings is 1. The number of nitrogens with zero attached hydrogens (tertiary/aromatic N) is 6. The summed E-state index contributed by atoms with van der Waals surface area (Å²) < 4.78 is 14.0. The standard InChI is InChI=1S/C16H15ClN6O2S/c1-22-14(10(17)8-18-22)15-19-20-16-23(15)21-13(26-16)7-9-4-5-11(24-2)12(6-9)25-3/h4-6,8H,7H2,1-3H3. The van der Waals surface area contributed by atoms with E-state index < -0.39 is 0 Å². The van der Waals surface area contributed by atoms with Crippen molar-refractivity contribution in [1.29, 1.82) is 0 Å². The van der Waals surface area contributed by atoms with Gasteiger partial charge in [0.05, 0.1) is 25.4 Å². The summed E-state index contributed by atoms with van der Waals surface area (Å²) in [4.78, 5) is 0.702. The molecule has 0 saturated carbocycles. The average molecular weight is 391 g/mol. The van der Waals surface area contributed by atoms with Crippen molar-refractivity contribution in [1.82, 2.24) is 29.6 Å². The van der Waals surface area contributed by atoms with Gasteiger partial charge in [0.2, 0.25) is 10.8 Å². The summed E-state index contributed by atoms with van der Waals surface area (Å²) in [6.07, 6.45) is 2.22. The maximum absolute atomic E-state index is 6.22. The minimum absolute atomic E-state index is 0.510. The van der Waals surface area contributed by atoms with E-state index in [2.05, 4.69) is 20.4 Å². The summed E-state index contributed by atoms with van der Waals surface area (Å²) in [7, 11) is 5.04. The lowest BCUT2D eigenvalue weighted by Crippen LogP contribution is -1.99. The molecule has 4 aromatic rings. The van der Waals surface area contributed by atoms with E-state index in [0.29, 0.717) is 39.4 Å². The first-order valence-corrected chi connectivity index (χ1v) is 8.90. The first-order valence-electron chi connectivity index (χ1n) is 7.70. The normalized spacial score (nSPS) is 11.2. The molecule has 0 radical (unpaired) electrons. The Labute approximate surface area is 157 Å². The number of fused-ring (bicyclic) bond motifs is 1. The van der Waals surface area contributed by atoms with Crippen LogP contribution in [0.2, 0.25) is 5.02 Å². The van der Waals surface area contributed by atoms with Crippen molar-refractivity contribution in [2.24, 2.45) is 7.05 Å². The molecule has 3 aromatic heterocycles. The Morgan fingerprint density at radius 3 is 2.65 bits per heavy atom. The summed E-state index contributed by atoms with van der Waals surface area (Å²) >= 11 is 7.70. The van der Waals surface area contributed by atoms with Crippen LogP contribution in [0.4, 0.5) is 0 Å². The summed E-state index contributed by atoms with van der Waals surface area (Å²) in [6.45, 7) is 0. The van der Waals surface area contributed by atoms with Gasteiger partial charge in [-0.15, -0.1) is 10.2 Å². The second-order valence-electron chi connectivity index (χ2n) is 5.54. The van der Waals surface area contributed by atoms with Crippen LogP contribution >= 0.6 is 22.9 Å². The lowest BCUT2D eigenvalue weighted by Gasteiger charge is -2.08. The highest BCUT2D eigenvalue weighted by Crippen LogP contribution is 2.30. The zero-order valence-corrected chi connectivity index (χ0v) is 15.9. The maximum Gasteiger partial charge on any atom is 0.235 e. The SMILES string of the molecule is COc1ccc(Cc2nn3c(-c4c(Cl)cnn4C)nnc3s2)cc1OC. The van der Waals surface area contributed by atoms with Crippen LogP contribution in [0.3, 0.4) is 0 Å². The van der Waals surface area contributed by atoms with Gasteiger partial charge in [-0.25, -0.2) is 0 Å².